The van der Waals surface area contributed by atoms with E-state index in [1.54, 1.807) is 19.1 Å². The highest BCUT2D eigenvalue weighted by Crippen LogP contribution is 2.27. The molecule has 1 amide bonds. The first-order valence-corrected chi connectivity index (χ1v) is 9.13. The lowest BCUT2D eigenvalue weighted by Gasteiger charge is -2.23. The summed E-state index contributed by atoms with van der Waals surface area (Å²) < 4.78 is 40.3. The monoisotopic (exact) mass is 390 g/mol. The van der Waals surface area contributed by atoms with Crippen molar-refractivity contribution < 1.29 is 18.0 Å². The van der Waals surface area contributed by atoms with Gasteiger partial charge < -0.3 is 5.32 Å². The molecule has 0 unspecified atom stereocenters. The smallest absolute Gasteiger partial charge is 0.241 e. The van der Waals surface area contributed by atoms with Crippen molar-refractivity contribution in [2.24, 2.45) is 0 Å². The summed E-state index contributed by atoms with van der Waals surface area (Å²) in [6.07, 6.45) is 0. The number of halogens is 3. The summed E-state index contributed by atoms with van der Waals surface area (Å²) in [6.45, 7) is 1.62. The Bertz CT molecular complexity index is 913. The Morgan fingerprint density at radius 2 is 1.70 bits per heavy atom. The lowest BCUT2D eigenvalue weighted by atomic mass is 10.0. The van der Waals surface area contributed by atoms with Gasteiger partial charge in [-0.05, 0) is 48.2 Å². The fraction of sp³-hybridized carbons (Fsp3) is 0.150. The van der Waals surface area contributed by atoms with E-state index >= 15 is 0 Å². The van der Waals surface area contributed by atoms with Gasteiger partial charge in [-0.15, -0.1) is 11.3 Å². The predicted molar refractivity (Wildman–Crippen MR) is 100 cm³/mol. The number of amides is 1. The van der Waals surface area contributed by atoms with Crippen LogP contribution in [0.4, 0.5) is 18.9 Å². The SMILES string of the molecule is C[C@@H](N[C@@H](c1ccc(F)cc1)c1cccs1)C(=O)Nc1cc(F)ccc1F. The molecule has 7 heteroatoms. The molecule has 0 radical (unpaired) electrons. The molecule has 0 fully saturated rings. The minimum absolute atomic E-state index is 0.219. The van der Waals surface area contributed by atoms with Crippen LogP contribution < -0.4 is 10.6 Å². The Hall–Kier alpha value is -2.64. The fourth-order valence-electron chi connectivity index (χ4n) is 2.61. The van der Waals surface area contributed by atoms with E-state index < -0.39 is 23.6 Å². The number of nitrogens with one attached hydrogen (secondary N) is 2. The second kappa shape index (κ2) is 8.37. The van der Waals surface area contributed by atoms with Gasteiger partial charge in [0.2, 0.25) is 5.91 Å². The number of hydrogen-bond donors (Lipinski definition) is 2. The topological polar surface area (TPSA) is 41.1 Å². The van der Waals surface area contributed by atoms with Crippen LogP contribution in [0.3, 0.4) is 0 Å². The van der Waals surface area contributed by atoms with Crippen molar-refractivity contribution in [3.63, 3.8) is 0 Å². The lowest BCUT2D eigenvalue weighted by molar-refractivity contribution is -0.117. The molecule has 1 aromatic heterocycles. The Morgan fingerprint density at radius 3 is 2.37 bits per heavy atom. The number of anilines is 1. The number of carbonyl (C=O) groups is 1. The second-order valence-electron chi connectivity index (χ2n) is 6.00. The van der Waals surface area contributed by atoms with Gasteiger partial charge in [0.25, 0.3) is 0 Å². The molecule has 3 rings (SSSR count). The maximum atomic E-state index is 13.7. The first-order valence-electron chi connectivity index (χ1n) is 8.25. The van der Waals surface area contributed by atoms with Crippen LogP contribution in [-0.4, -0.2) is 11.9 Å². The summed E-state index contributed by atoms with van der Waals surface area (Å²) in [5.74, 6) is -2.22. The summed E-state index contributed by atoms with van der Waals surface area (Å²) in [4.78, 5) is 13.4. The molecule has 1 heterocycles. The summed E-state index contributed by atoms with van der Waals surface area (Å²) in [5, 5.41) is 7.46. The van der Waals surface area contributed by atoms with E-state index in [9.17, 15) is 18.0 Å². The quantitative estimate of drug-likeness (QED) is 0.630. The Kier molecular flexibility index (Phi) is 5.93. The van der Waals surface area contributed by atoms with Crippen LogP contribution >= 0.6 is 11.3 Å². The van der Waals surface area contributed by atoms with Gasteiger partial charge in [-0.3, -0.25) is 10.1 Å². The van der Waals surface area contributed by atoms with E-state index in [1.165, 1.54) is 23.5 Å². The minimum atomic E-state index is -0.718. The van der Waals surface area contributed by atoms with Crippen molar-refractivity contribution in [3.8, 4) is 0 Å². The molecule has 2 atom stereocenters. The molecule has 3 nitrogen and oxygen atoms in total. The van der Waals surface area contributed by atoms with Gasteiger partial charge in [0.05, 0.1) is 17.8 Å². The van der Waals surface area contributed by atoms with Gasteiger partial charge >= 0.3 is 0 Å². The molecular formula is C20H17F3N2OS. The molecule has 0 aliphatic rings. The zero-order valence-electron chi connectivity index (χ0n) is 14.4. The molecule has 0 bridgehead atoms. The molecule has 2 aromatic carbocycles. The van der Waals surface area contributed by atoms with Crippen molar-refractivity contribution in [3.05, 3.63) is 87.9 Å². The molecule has 0 saturated carbocycles. The van der Waals surface area contributed by atoms with Crippen molar-refractivity contribution in [2.75, 3.05) is 5.32 Å². The van der Waals surface area contributed by atoms with Crippen molar-refractivity contribution in [2.45, 2.75) is 19.0 Å². The number of benzene rings is 2. The third-order valence-electron chi connectivity index (χ3n) is 4.03. The van der Waals surface area contributed by atoms with E-state index in [-0.39, 0.29) is 17.5 Å². The van der Waals surface area contributed by atoms with Crippen molar-refractivity contribution >= 4 is 22.9 Å². The third kappa shape index (κ3) is 4.75. The van der Waals surface area contributed by atoms with Crippen LogP contribution in [0.25, 0.3) is 0 Å². The van der Waals surface area contributed by atoms with E-state index in [0.29, 0.717) is 0 Å². The average Bonchev–Trinajstić information content (AvgIpc) is 3.18. The highest BCUT2D eigenvalue weighted by molar-refractivity contribution is 7.10. The summed E-state index contributed by atoms with van der Waals surface area (Å²) in [7, 11) is 0. The van der Waals surface area contributed by atoms with Crippen LogP contribution in [0.1, 0.15) is 23.4 Å². The molecule has 27 heavy (non-hydrogen) atoms. The Labute approximate surface area is 158 Å². The van der Waals surface area contributed by atoms with Crippen molar-refractivity contribution in [1.82, 2.24) is 5.32 Å². The van der Waals surface area contributed by atoms with Crippen LogP contribution in [0.15, 0.2) is 60.0 Å². The molecule has 0 saturated heterocycles. The molecule has 140 valence electrons. The van der Waals surface area contributed by atoms with E-state index in [0.717, 1.165) is 28.6 Å². The predicted octanol–water partition coefficient (Wildman–Crippen LogP) is 4.87. The number of rotatable bonds is 6. The number of thiophene rings is 1. The number of hydrogen-bond acceptors (Lipinski definition) is 3. The summed E-state index contributed by atoms with van der Waals surface area (Å²) in [5.41, 5.74) is 0.568. The molecular weight excluding hydrogens is 373 g/mol. The fourth-order valence-corrected chi connectivity index (χ4v) is 3.42. The molecule has 3 aromatic rings. The first kappa shape index (κ1) is 19.1. The first-order chi connectivity index (χ1) is 12.9. The van der Waals surface area contributed by atoms with Crippen LogP contribution in [0.2, 0.25) is 0 Å². The highest BCUT2D eigenvalue weighted by Gasteiger charge is 2.22. The maximum absolute atomic E-state index is 13.7. The summed E-state index contributed by atoms with van der Waals surface area (Å²) in [6, 6.07) is 11.6. The van der Waals surface area contributed by atoms with Gasteiger partial charge in [0.15, 0.2) is 0 Å². The standard InChI is InChI=1S/C20H17F3N2OS/c1-12(20(26)25-17-11-15(22)8-9-16(17)23)24-19(18-3-2-10-27-18)13-4-6-14(21)7-5-13/h2-12,19,24H,1H3,(H,25,26)/t12-,19+/m1/s1. The van der Waals surface area contributed by atoms with Gasteiger partial charge in [-0.1, -0.05) is 18.2 Å². The highest BCUT2D eigenvalue weighted by atomic mass is 32.1. The zero-order chi connectivity index (χ0) is 19.4. The Balaban J connectivity index is 1.77. The zero-order valence-corrected chi connectivity index (χ0v) is 15.2. The Morgan fingerprint density at radius 1 is 1.00 bits per heavy atom. The lowest BCUT2D eigenvalue weighted by Crippen LogP contribution is -2.40. The third-order valence-corrected chi connectivity index (χ3v) is 4.96. The van der Waals surface area contributed by atoms with Gasteiger partial charge in [0, 0.05) is 10.9 Å². The molecule has 2 N–H and O–H groups in total. The summed E-state index contributed by atoms with van der Waals surface area (Å²) >= 11 is 1.49. The van der Waals surface area contributed by atoms with Crippen LogP contribution in [-0.2, 0) is 4.79 Å². The van der Waals surface area contributed by atoms with E-state index in [4.69, 9.17) is 0 Å². The van der Waals surface area contributed by atoms with E-state index in [1.807, 2.05) is 17.5 Å². The maximum Gasteiger partial charge on any atom is 0.241 e. The molecule has 0 aliphatic carbocycles. The largest absolute Gasteiger partial charge is 0.322 e. The van der Waals surface area contributed by atoms with Crippen LogP contribution in [0.5, 0.6) is 0 Å². The van der Waals surface area contributed by atoms with Crippen molar-refractivity contribution in [1.29, 1.82) is 0 Å². The molecule has 0 aliphatic heterocycles. The minimum Gasteiger partial charge on any atom is -0.322 e. The molecule has 0 spiro atoms. The van der Waals surface area contributed by atoms with Gasteiger partial charge in [0.1, 0.15) is 17.5 Å². The van der Waals surface area contributed by atoms with Gasteiger partial charge in [-0.2, -0.15) is 0 Å². The number of carbonyl (C=O) groups excluding carboxylic acids is 1. The second-order valence-corrected chi connectivity index (χ2v) is 6.98. The average molecular weight is 390 g/mol. The van der Waals surface area contributed by atoms with Gasteiger partial charge in [-0.25, -0.2) is 13.2 Å². The van der Waals surface area contributed by atoms with E-state index in [2.05, 4.69) is 10.6 Å². The van der Waals surface area contributed by atoms with Crippen LogP contribution in [0, 0.1) is 17.5 Å². The normalized spacial score (nSPS) is 13.2.